The molecule has 0 bridgehead atoms. The van der Waals surface area contributed by atoms with Crippen LogP contribution in [0.15, 0.2) is 30.3 Å². The summed E-state index contributed by atoms with van der Waals surface area (Å²) < 4.78 is 57.5. The standard InChI is InChI=1S/C21H23F3O3/c1-25-18-9-3-13(11-17(18)22)12-27-15-6-4-14(5-7-15)16-8-10-19(26-2)21(24)20(16)23/h3,8-11,14-15H,4-7,12H2,1-2H3. The lowest BCUT2D eigenvalue weighted by molar-refractivity contribution is 0.0130. The molecule has 0 unspecified atom stereocenters. The molecule has 1 fully saturated rings. The average Bonchev–Trinajstić information content (AvgIpc) is 2.69. The first-order chi connectivity index (χ1) is 13.0. The smallest absolute Gasteiger partial charge is 0.200 e. The van der Waals surface area contributed by atoms with E-state index in [-0.39, 0.29) is 23.5 Å². The lowest BCUT2D eigenvalue weighted by Crippen LogP contribution is -2.21. The third-order valence-electron chi connectivity index (χ3n) is 5.11. The summed E-state index contributed by atoms with van der Waals surface area (Å²) in [5, 5.41) is 0. The van der Waals surface area contributed by atoms with E-state index >= 15 is 0 Å². The summed E-state index contributed by atoms with van der Waals surface area (Å²) in [5.41, 5.74) is 1.13. The molecule has 3 nitrogen and oxygen atoms in total. The molecule has 3 rings (SSSR count). The lowest BCUT2D eigenvalue weighted by Gasteiger charge is -2.29. The predicted molar refractivity (Wildman–Crippen MR) is 95.6 cm³/mol. The second kappa shape index (κ2) is 8.65. The van der Waals surface area contributed by atoms with Crippen molar-refractivity contribution in [2.75, 3.05) is 14.2 Å². The van der Waals surface area contributed by atoms with E-state index in [1.807, 2.05) is 0 Å². The number of ether oxygens (including phenoxy) is 3. The first-order valence-electron chi connectivity index (χ1n) is 8.99. The van der Waals surface area contributed by atoms with Gasteiger partial charge >= 0.3 is 0 Å². The Morgan fingerprint density at radius 2 is 1.52 bits per heavy atom. The molecule has 27 heavy (non-hydrogen) atoms. The van der Waals surface area contributed by atoms with Crippen LogP contribution in [0.3, 0.4) is 0 Å². The quantitative estimate of drug-likeness (QED) is 0.675. The van der Waals surface area contributed by atoms with Gasteiger partial charge in [0, 0.05) is 0 Å². The zero-order valence-corrected chi connectivity index (χ0v) is 15.4. The van der Waals surface area contributed by atoms with Gasteiger partial charge in [-0.1, -0.05) is 12.1 Å². The molecule has 0 radical (unpaired) electrons. The second-order valence-corrected chi connectivity index (χ2v) is 6.74. The first kappa shape index (κ1) is 19.5. The zero-order valence-electron chi connectivity index (χ0n) is 15.4. The summed E-state index contributed by atoms with van der Waals surface area (Å²) >= 11 is 0. The molecule has 0 heterocycles. The number of halogens is 3. The molecule has 1 aliphatic carbocycles. The second-order valence-electron chi connectivity index (χ2n) is 6.74. The summed E-state index contributed by atoms with van der Waals surface area (Å²) in [7, 11) is 2.74. The maximum absolute atomic E-state index is 14.3. The average molecular weight is 380 g/mol. The number of hydrogen-bond donors (Lipinski definition) is 0. The number of rotatable bonds is 6. The third kappa shape index (κ3) is 4.38. The fraction of sp³-hybridized carbons (Fsp3) is 0.429. The van der Waals surface area contributed by atoms with Crippen LogP contribution in [0.1, 0.15) is 42.7 Å². The van der Waals surface area contributed by atoms with Gasteiger partial charge in [0.1, 0.15) is 0 Å². The van der Waals surface area contributed by atoms with E-state index in [0.717, 1.165) is 18.4 Å². The molecule has 0 saturated heterocycles. The molecule has 1 saturated carbocycles. The Morgan fingerprint density at radius 1 is 0.852 bits per heavy atom. The summed E-state index contributed by atoms with van der Waals surface area (Å²) in [5.74, 6) is -2.10. The van der Waals surface area contributed by atoms with Gasteiger partial charge in [0.05, 0.1) is 26.9 Å². The van der Waals surface area contributed by atoms with Crippen molar-refractivity contribution in [3.63, 3.8) is 0 Å². The van der Waals surface area contributed by atoms with Gasteiger partial charge in [-0.15, -0.1) is 0 Å². The van der Waals surface area contributed by atoms with Crippen molar-refractivity contribution in [2.45, 2.75) is 44.3 Å². The number of methoxy groups -OCH3 is 2. The molecule has 2 aromatic carbocycles. The Kier molecular flexibility index (Phi) is 6.26. The minimum atomic E-state index is -0.935. The van der Waals surface area contributed by atoms with Gasteiger partial charge in [-0.2, -0.15) is 4.39 Å². The normalized spacial score (nSPS) is 19.7. The van der Waals surface area contributed by atoms with Gasteiger partial charge in [-0.05, 0) is 60.9 Å². The Balaban J connectivity index is 1.55. The maximum atomic E-state index is 14.3. The minimum Gasteiger partial charge on any atom is -0.494 e. The molecule has 1 aliphatic rings. The van der Waals surface area contributed by atoms with Gasteiger partial charge < -0.3 is 14.2 Å². The van der Waals surface area contributed by atoms with E-state index in [4.69, 9.17) is 14.2 Å². The summed E-state index contributed by atoms with van der Waals surface area (Å²) in [6.07, 6.45) is 2.94. The molecular formula is C21H23F3O3. The van der Waals surface area contributed by atoms with Crippen molar-refractivity contribution >= 4 is 0 Å². The minimum absolute atomic E-state index is 0.0255. The molecule has 0 aliphatic heterocycles. The summed E-state index contributed by atoms with van der Waals surface area (Å²) in [6, 6.07) is 7.81. The number of benzene rings is 2. The highest BCUT2D eigenvalue weighted by Crippen LogP contribution is 2.37. The Hall–Kier alpha value is -2.21. The largest absolute Gasteiger partial charge is 0.494 e. The zero-order chi connectivity index (χ0) is 19.4. The van der Waals surface area contributed by atoms with Crippen molar-refractivity contribution in [1.82, 2.24) is 0 Å². The fourth-order valence-corrected chi connectivity index (χ4v) is 3.57. The molecule has 0 amide bonds. The highest BCUT2D eigenvalue weighted by Gasteiger charge is 2.27. The van der Waals surface area contributed by atoms with Gasteiger partial charge in [0.2, 0.25) is 5.82 Å². The maximum Gasteiger partial charge on any atom is 0.200 e. The Labute approximate surface area is 157 Å². The van der Waals surface area contributed by atoms with Crippen LogP contribution in [0.5, 0.6) is 11.5 Å². The van der Waals surface area contributed by atoms with Gasteiger partial charge in [0.25, 0.3) is 0 Å². The molecule has 0 spiro atoms. The Bertz CT molecular complexity index is 786. The van der Waals surface area contributed by atoms with Gasteiger partial charge in [0.15, 0.2) is 23.1 Å². The van der Waals surface area contributed by atoms with Crippen molar-refractivity contribution in [3.05, 3.63) is 58.9 Å². The molecule has 0 atom stereocenters. The fourth-order valence-electron chi connectivity index (χ4n) is 3.57. The molecular weight excluding hydrogens is 357 g/mol. The van der Waals surface area contributed by atoms with Crippen LogP contribution in [0.2, 0.25) is 0 Å². The van der Waals surface area contributed by atoms with Crippen molar-refractivity contribution in [3.8, 4) is 11.5 Å². The van der Waals surface area contributed by atoms with Crippen LogP contribution in [-0.4, -0.2) is 20.3 Å². The van der Waals surface area contributed by atoms with Crippen molar-refractivity contribution in [1.29, 1.82) is 0 Å². The van der Waals surface area contributed by atoms with E-state index in [9.17, 15) is 13.2 Å². The van der Waals surface area contributed by atoms with Crippen molar-refractivity contribution in [2.24, 2.45) is 0 Å². The van der Waals surface area contributed by atoms with Gasteiger partial charge in [-0.25, -0.2) is 8.78 Å². The van der Waals surface area contributed by atoms with E-state index in [2.05, 4.69) is 0 Å². The summed E-state index contributed by atoms with van der Waals surface area (Å²) in [6.45, 7) is 0.307. The third-order valence-corrected chi connectivity index (χ3v) is 5.11. The molecule has 0 aromatic heterocycles. The first-order valence-corrected chi connectivity index (χ1v) is 8.99. The van der Waals surface area contributed by atoms with Crippen LogP contribution < -0.4 is 9.47 Å². The van der Waals surface area contributed by atoms with Crippen molar-refractivity contribution < 1.29 is 27.4 Å². The molecule has 6 heteroatoms. The molecule has 2 aromatic rings. The van der Waals surface area contributed by atoms with E-state index < -0.39 is 17.5 Å². The number of hydrogen-bond acceptors (Lipinski definition) is 3. The van der Waals surface area contributed by atoms with Crippen LogP contribution in [0, 0.1) is 17.5 Å². The van der Waals surface area contributed by atoms with Gasteiger partial charge in [-0.3, -0.25) is 0 Å². The predicted octanol–water partition coefficient (Wildman–Crippen LogP) is 5.36. The SMILES string of the molecule is COc1ccc(COC2CCC(c3ccc(OC)c(F)c3F)CC2)cc1F. The van der Waals surface area contributed by atoms with E-state index in [1.165, 1.54) is 26.4 Å². The molecule has 146 valence electrons. The summed E-state index contributed by atoms with van der Waals surface area (Å²) in [4.78, 5) is 0. The monoisotopic (exact) mass is 380 g/mol. The van der Waals surface area contributed by atoms with Crippen LogP contribution in [0.4, 0.5) is 13.2 Å². The van der Waals surface area contributed by atoms with Crippen LogP contribution in [0.25, 0.3) is 0 Å². The van der Waals surface area contributed by atoms with Crippen LogP contribution in [-0.2, 0) is 11.3 Å². The van der Waals surface area contributed by atoms with E-state index in [1.54, 1.807) is 18.2 Å². The Morgan fingerprint density at radius 3 is 2.15 bits per heavy atom. The molecule has 0 N–H and O–H groups in total. The topological polar surface area (TPSA) is 27.7 Å². The highest BCUT2D eigenvalue weighted by atomic mass is 19.2. The lowest BCUT2D eigenvalue weighted by atomic mass is 9.82. The highest BCUT2D eigenvalue weighted by molar-refractivity contribution is 5.33. The van der Waals surface area contributed by atoms with Crippen LogP contribution >= 0.6 is 0 Å². The van der Waals surface area contributed by atoms with E-state index in [0.29, 0.717) is 25.0 Å².